The number of benzene rings is 1. The highest BCUT2D eigenvalue weighted by atomic mass is 32.2. The Morgan fingerprint density at radius 1 is 1.16 bits per heavy atom. The van der Waals surface area contributed by atoms with Gasteiger partial charge in [-0.25, -0.2) is 8.42 Å². The molecular weight excluding hydrogens is 266 g/mol. The minimum absolute atomic E-state index is 0. The highest BCUT2D eigenvalue weighted by molar-refractivity contribution is 7.85. The van der Waals surface area contributed by atoms with E-state index in [1.165, 1.54) is 12.1 Å². The van der Waals surface area contributed by atoms with E-state index >= 15 is 0 Å². The molecule has 0 aliphatic carbocycles. The summed E-state index contributed by atoms with van der Waals surface area (Å²) in [5.41, 5.74) is 0.511. The molecule has 0 radical (unpaired) electrons. The van der Waals surface area contributed by atoms with Crippen LogP contribution in [0.1, 0.15) is 39.2 Å². The first-order chi connectivity index (χ1) is 8.12. The van der Waals surface area contributed by atoms with Gasteiger partial charge in [-0.05, 0) is 38.8 Å². The fourth-order valence-electron chi connectivity index (χ4n) is 0.955. The second-order valence-corrected chi connectivity index (χ2v) is 5.85. The average molecular weight is 291 g/mol. The fraction of sp³-hybridized carbons (Fsp3) is 0.538. The molecule has 19 heavy (non-hydrogen) atoms. The molecule has 0 unspecified atom stereocenters. The lowest BCUT2D eigenvalue weighted by molar-refractivity contribution is 0.0521. The predicted octanol–water partition coefficient (Wildman–Crippen LogP) is 2.83. The van der Waals surface area contributed by atoms with E-state index in [-0.39, 0.29) is 11.0 Å². The molecule has 0 bridgehead atoms. The zero-order valence-electron chi connectivity index (χ0n) is 12.3. The summed E-state index contributed by atoms with van der Waals surface area (Å²) in [6, 6.07) is 5.78. The van der Waals surface area contributed by atoms with Crippen LogP contribution in [0.5, 0.6) is 0 Å². The van der Waals surface area contributed by atoms with Gasteiger partial charge in [0.05, 0.1) is 10.5 Å². The van der Waals surface area contributed by atoms with Gasteiger partial charge in [-0.2, -0.15) is 0 Å². The Morgan fingerprint density at radius 2 is 1.53 bits per heavy atom. The van der Waals surface area contributed by atoms with Gasteiger partial charge in [0.2, 0.25) is 0 Å². The van der Waals surface area contributed by atoms with E-state index in [2.05, 4.69) is 0 Å². The Bertz CT molecular complexity index is 446. The maximum atomic E-state index is 10.4. The quantitative estimate of drug-likeness (QED) is 0.833. The van der Waals surface area contributed by atoms with Crippen LogP contribution >= 0.6 is 0 Å². The van der Waals surface area contributed by atoms with Crippen molar-refractivity contribution in [2.45, 2.75) is 51.0 Å². The molecule has 112 valence electrons. The van der Waals surface area contributed by atoms with Crippen LogP contribution < -0.4 is 6.15 Å². The van der Waals surface area contributed by atoms with Gasteiger partial charge in [0.1, 0.15) is 10.1 Å². The van der Waals surface area contributed by atoms with E-state index < -0.39 is 15.7 Å². The number of aryl methyl sites for hydroxylation is 1. The van der Waals surface area contributed by atoms with Crippen molar-refractivity contribution in [1.29, 1.82) is 0 Å². The molecular formula is C13H25NO4S. The first-order valence-corrected chi connectivity index (χ1v) is 7.28. The van der Waals surface area contributed by atoms with Crippen molar-refractivity contribution in [2.75, 3.05) is 0 Å². The van der Waals surface area contributed by atoms with E-state index in [1.807, 2.05) is 27.7 Å². The molecule has 0 aliphatic rings. The second-order valence-electron chi connectivity index (χ2n) is 4.47. The minimum Gasteiger partial charge on any atom is -0.744 e. The normalized spacial score (nSPS) is 11.1. The highest BCUT2D eigenvalue weighted by Gasteiger charge is 2.12. The first kappa shape index (κ1) is 20.4. The summed E-state index contributed by atoms with van der Waals surface area (Å²) in [6.07, 6.45) is 1.70. The average Bonchev–Trinajstić information content (AvgIpc) is 2.29. The molecule has 1 rings (SSSR count). The second kappa shape index (κ2) is 8.27. The molecule has 5 N–H and O–H groups in total. The Balaban J connectivity index is 0. The van der Waals surface area contributed by atoms with Crippen LogP contribution in [0.15, 0.2) is 29.2 Å². The molecule has 0 atom stereocenters. The fourth-order valence-corrected chi connectivity index (χ4v) is 1.42. The summed E-state index contributed by atoms with van der Waals surface area (Å²) in [6.45, 7) is 7.65. The van der Waals surface area contributed by atoms with Crippen LogP contribution in [0.4, 0.5) is 0 Å². The van der Waals surface area contributed by atoms with Crippen LogP contribution in [0.3, 0.4) is 0 Å². The topological polar surface area (TPSA) is 114 Å². The number of rotatable bonds is 3. The molecule has 0 saturated heterocycles. The van der Waals surface area contributed by atoms with Crippen LogP contribution in [0.2, 0.25) is 0 Å². The van der Waals surface area contributed by atoms with Gasteiger partial charge in [0.15, 0.2) is 0 Å². The lowest BCUT2D eigenvalue weighted by atomic mass is 10.0. The molecule has 0 aromatic heterocycles. The number of hydrogen-bond acceptors (Lipinski definition) is 4. The Morgan fingerprint density at radius 3 is 1.74 bits per heavy atom. The van der Waals surface area contributed by atoms with Gasteiger partial charge in [0, 0.05) is 0 Å². The Kier molecular flexibility index (Phi) is 8.86. The van der Waals surface area contributed by atoms with Gasteiger partial charge in [-0.3, -0.25) is 0 Å². The van der Waals surface area contributed by atoms with Crippen molar-refractivity contribution in [1.82, 2.24) is 6.15 Å². The molecule has 0 heterocycles. The van der Waals surface area contributed by atoms with Gasteiger partial charge in [-0.1, -0.05) is 31.5 Å². The molecule has 0 spiro atoms. The van der Waals surface area contributed by atoms with Crippen molar-refractivity contribution in [3.63, 3.8) is 0 Å². The maximum Gasteiger partial charge on any atom is 0.124 e. The monoisotopic (exact) mass is 291 g/mol. The summed E-state index contributed by atoms with van der Waals surface area (Å²) in [4.78, 5) is -0.178. The molecule has 6 heteroatoms. The lowest BCUT2D eigenvalue weighted by Gasteiger charge is -2.17. The van der Waals surface area contributed by atoms with Gasteiger partial charge >= 0.3 is 0 Å². The third-order valence-electron chi connectivity index (χ3n) is 2.83. The van der Waals surface area contributed by atoms with Gasteiger partial charge in [0.25, 0.3) is 0 Å². The zero-order chi connectivity index (χ0) is 14.4. The molecule has 0 amide bonds. The van der Waals surface area contributed by atoms with Crippen molar-refractivity contribution in [3.8, 4) is 0 Å². The third kappa shape index (κ3) is 8.72. The summed E-state index contributed by atoms with van der Waals surface area (Å²) in [7, 11) is -4.27. The predicted molar refractivity (Wildman–Crippen MR) is 76.3 cm³/mol. The van der Waals surface area contributed by atoms with Gasteiger partial charge < -0.3 is 15.8 Å². The maximum absolute atomic E-state index is 10.4. The van der Waals surface area contributed by atoms with Crippen molar-refractivity contribution in [3.05, 3.63) is 29.8 Å². The van der Waals surface area contributed by atoms with Crippen molar-refractivity contribution >= 4 is 10.1 Å². The van der Waals surface area contributed by atoms with Crippen LogP contribution in [0, 0.1) is 6.92 Å². The summed E-state index contributed by atoms with van der Waals surface area (Å²) >= 11 is 0. The third-order valence-corrected chi connectivity index (χ3v) is 3.68. The van der Waals surface area contributed by atoms with Gasteiger partial charge in [-0.15, -0.1) is 0 Å². The number of hydrogen-bond donors (Lipinski definition) is 2. The SMILES string of the molecule is CCC(C)(O)CC.Cc1ccc(S(=O)(=O)[O-])cc1.[NH4+]. The highest BCUT2D eigenvalue weighted by Crippen LogP contribution is 2.11. The largest absolute Gasteiger partial charge is 0.744 e. The zero-order valence-corrected chi connectivity index (χ0v) is 13.1. The minimum atomic E-state index is -4.27. The van der Waals surface area contributed by atoms with E-state index in [9.17, 15) is 13.0 Å². The lowest BCUT2D eigenvalue weighted by Crippen LogP contribution is -2.20. The summed E-state index contributed by atoms with van der Waals surface area (Å²) < 4.78 is 31.2. The smallest absolute Gasteiger partial charge is 0.124 e. The van der Waals surface area contributed by atoms with E-state index in [1.54, 1.807) is 12.1 Å². The van der Waals surface area contributed by atoms with Crippen molar-refractivity contribution < 1.29 is 18.1 Å². The number of quaternary nitrogens is 1. The number of aliphatic hydroxyl groups is 1. The van der Waals surface area contributed by atoms with Crippen LogP contribution in [-0.4, -0.2) is 23.7 Å². The summed E-state index contributed by atoms with van der Waals surface area (Å²) in [5.74, 6) is 0. The molecule has 5 nitrogen and oxygen atoms in total. The first-order valence-electron chi connectivity index (χ1n) is 5.87. The molecule has 0 fully saturated rings. The van der Waals surface area contributed by atoms with Crippen molar-refractivity contribution in [2.24, 2.45) is 0 Å². The van der Waals surface area contributed by atoms with Crippen LogP contribution in [-0.2, 0) is 10.1 Å². The molecule has 1 aromatic carbocycles. The van der Waals surface area contributed by atoms with E-state index in [0.717, 1.165) is 18.4 Å². The summed E-state index contributed by atoms with van der Waals surface area (Å²) in [5, 5.41) is 9.13. The molecule has 0 saturated carbocycles. The molecule has 0 aliphatic heterocycles. The standard InChI is InChI=1S/C7H8O3S.C6H14O.H3N/c1-6-2-4-7(5-3-6)11(8,9)10;1-4-6(3,7)5-2;/h2-5H,1H3,(H,8,9,10);7H,4-5H2,1-3H3;1H3. The van der Waals surface area contributed by atoms with Crippen LogP contribution in [0.25, 0.3) is 0 Å². The Labute approximate surface area is 116 Å². The van der Waals surface area contributed by atoms with E-state index in [4.69, 9.17) is 5.11 Å². The Hall–Kier alpha value is -0.950. The molecule has 1 aromatic rings. The van der Waals surface area contributed by atoms with E-state index in [0.29, 0.717) is 0 Å².